The molecule has 0 aromatic heterocycles. The summed E-state index contributed by atoms with van der Waals surface area (Å²) in [5.74, 6) is 0.389. The minimum Gasteiger partial charge on any atom is -0.0985 e. The summed E-state index contributed by atoms with van der Waals surface area (Å²) in [5, 5.41) is 0. The quantitative estimate of drug-likeness (QED) is 0.404. The lowest BCUT2D eigenvalue weighted by molar-refractivity contribution is 0.826. The van der Waals surface area contributed by atoms with Crippen LogP contribution in [0, 0.1) is 0 Å². The van der Waals surface area contributed by atoms with Crippen LogP contribution in [0.1, 0.15) is 28.2 Å². The smallest absolute Gasteiger partial charge is 0.0178 e. The molecule has 3 aromatic rings. The van der Waals surface area contributed by atoms with Crippen LogP contribution in [-0.2, 0) is 6.42 Å². The fraction of sp³-hybridized carbons (Fsp3) is 0.0909. The summed E-state index contributed by atoms with van der Waals surface area (Å²) < 4.78 is 2.28. The van der Waals surface area contributed by atoms with E-state index in [0.717, 1.165) is 20.9 Å². The first-order chi connectivity index (χ1) is 11.7. The van der Waals surface area contributed by atoms with E-state index in [4.69, 9.17) is 0 Å². The Labute approximate surface area is 159 Å². The molecule has 2 heteroatoms. The topological polar surface area (TPSA) is 0 Å². The van der Waals surface area contributed by atoms with Crippen LogP contribution in [0.4, 0.5) is 0 Å². The summed E-state index contributed by atoms with van der Waals surface area (Å²) in [4.78, 5) is 0. The Morgan fingerprint density at radius 1 is 0.792 bits per heavy atom. The Morgan fingerprint density at radius 3 is 1.83 bits per heavy atom. The van der Waals surface area contributed by atoms with E-state index in [1.807, 2.05) is 6.08 Å². The summed E-state index contributed by atoms with van der Waals surface area (Å²) >= 11 is 7.27. The van der Waals surface area contributed by atoms with Crippen LogP contribution in [0.15, 0.2) is 76.2 Å². The Balaban J connectivity index is 1.80. The number of rotatable bonds is 3. The van der Waals surface area contributed by atoms with E-state index in [1.165, 1.54) is 27.8 Å². The second-order valence-electron chi connectivity index (χ2n) is 6.17. The number of hydrogen-bond acceptors (Lipinski definition) is 0. The largest absolute Gasteiger partial charge is 0.0985 e. The van der Waals surface area contributed by atoms with Gasteiger partial charge in [-0.2, -0.15) is 0 Å². The van der Waals surface area contributed by atoms with Crippen molar-refractivity contribution in [3.05, 3.63) is 98.4 Å². The SMILES string of the molecule is C=Cc1ccc(CC2c3cc(Br)ccc3-c3ccc(Br)cc32)cc1. The summed E-state index contributed by atoms with van der Waals surface area (Å²) in [6, 6.07) is 22.0. The first-order valence-electron chi connectivity index (χ1n) is 7.96. The summed E-state index contributed by atoms with van der Waals surface area (Å²) in [6.45, 7) is 3.83. The fourth-order valence-corrected chi connectivity index (χ4v) is 4.30. The lowest BCUT2D eigenvalue weighted by Gasteiger charge is -2.14. The first-order valence-corrected chi connectivity index (χ1v) is 9.55. The van der Waals surface area contributed by atoms with Crippen molar-refractivity contribution in [2.75, 3.05) is 0 Å². The zero-order valence-electron chi connectivity index (χ0n) is 13.1. The molecule has 0 nitrogen and oxygen atoms in total. The molecule has 0 saturated heterocycles. The van der Waals surface area contributed by atoms with Gasteiger partial charge in [-0.15, -0.1) is 0 Å². The zero-order valence-corrected chi connectivity index (χ0v) is 16.3. The number of halogens is 2. The first kappa shape index (κ1) is 15.9. The average Bonchev–Trinajstić information content (AvgIpc) is 2.88. The van der Waals surface area contributed by atoms with Gasteiger partial charge < -0.3 is 0 Å². The van der Waals surface area contributed by atoms with Crippen molar-refractivity contribution in [1.29, 1.82) is 0 Å². The van der Waals surface area contributed by atoms with E-state index >= 15 is 0 Å². The highest BCUT2D eigenvalue weighted by atomic mass is 79.9. The summed E-state index contributed by atoms with van der Waals surface area (Å²) in [6.07, 6.45) is 2.89. The maximum atomic E-state index is 3.83. The zero-order chi connectivity index (χ0) is 16.7. The van der Waals surface area contributed by atoms with E-state index in [1.54, 1.807) is 0 Å². The molecule has 118 valence electrons. The molecule has 0 saturated carbocycles. The van der Waals surface area contributed by atoms with Crippen LogP contribution < -0.4 is 0 Å². The van der Waals surface area contributed by atoms with Gasteiger partial charge in [0, 0.05) is 14.9 Å². The Hall–Kier alpha value is -1.64. The maximum absolute atomic E-state index is 3.83. The fourth-order valence-electron chi connectivity index (χ4n) is 3.55. The van der Waals surface area contributed by atoms with Crippen molar-refractivity contribution in [2.24, 2.45) is 0 Å². The minimum atomic E-state index is 0.389. The van der Waals surface area contributed by atoms with Crippen molar-refractivity contribution in [2.45, 2.75) is 12.3 Å². The number of benzene rings is 3. The number of fused-ring (bicyclic) bond motifs is 3. The van der Waals surface area contributed by atoms with Gasteiger partial charge >= 0.3 is 0 Å². The van der Waals surface area contributed by atoms with E-state index < -0.39 is 0 Å². The highest BCUT2D eigenvalue weighted by molar-refractivity contribution is 9.10. The predicted octanol–water partition coefficient (Wildman–Crippen LogP) is 7.21. The molecular weight excluding hydrogens is 424 g/mol. The van der Waals surface area contributed by atoms with E-state index in [-0.39, 0.29) is 0 Å². The molecule has 0 atom stereocenters. The predicted molar refractivity (Wildman–Crippen MR) is 109 cm³/mol. The monoisotopic (exact) mass is 438 g/mol. The van der Waals surface area contributed by atoms with E-state index in [9.17, 15) is 0 Å². The van der Waals surface area contributed by atoms with Gasteiger partial charge in [-0.05, 0) is 64.1 Å². The molecule has 0 bridgehead atoms. The molecule has 1 aliphatic carbocycles. The third-order valence-electron chi connectivity index (χ3n) is 4.72. The van der Waals surface area contributed by atoms with Gasteiger partial charge in [-0.25, -0.2) is 0 Å². The lowest BCUT2D eigenvalue weighted by atomic mass is 9.90. The maximum Gasteiger partial charge on any atom is 0.0178 e. The molecule has 0 spiro atoms. The molecule has 4 rings (SSSR count). The van der Waals surface area contributed by atoms with Crippen molar-refractivity contribution < 1.29 is 0 Å². The third-order valence-corrected chi connectivity index (χ3v) is 5.71. The normalized spacial score (nSPS) is 12.8. The molecular formula is C22H16Br2. The second kappa shape index (κ2) is 6.34. The minimum absolute atomic E-state index is 0.389. The van der Waals surface area contributed by atoms with Crippen molar-refractivity contribution in [3.63, 3.8) is 0 Å². The van der Waals surface area contributed by atoms with Crippen LogP contribution in [0.2, 0.25) is 0 Å². The second-order valence-corrected chi connectivity index (χ2v) is 8.00. The van der Waals surface area contributed by atoms with Gasteiger partial charge in [0.1, 0.15) is 0 Å². The molecule has 0 heterocycles. The Kier molecular flexibility index (Phi) is 4.19. The van der Waals surface area contributed by atoms with Crippen LogP contribution in [0.5, 0.6) is 0 Å². The Morgan fingerprint density at radius 2 is 1.33 bits per heavy atom. The van der Waals surface area contributed by atoms with Crippen molar-refractivity contribution >= 4 is 37.9 Å². The molecule has 3 aromatic carbocycles. The standard InChI is InChI=1S/C22H16Br2/c1-2-14-3-5-15(6-4-14)11-20-21-12-16(23)7-9-18(21)19-10-8-17(24)13-22(19)20/h2-10,12-13,20H,1,11H2. The van der Waals surface area contributed by atoms with Crippen LogP contribution >= 0.6 is 31.9 Å². The van der Waals surface area contributed by atoms with E-state index in [0.29, 0.717) is 5.92 Å². The third kappa shape index (κ3) is 2.78. The molecule has 1 aliphatic rings. The lowest BCUT2D eigenvalue weighted by Crippen LogP contribution is -2.01. The van der Waals surface area contributed by atoms with Gasteiger partial charge in [0.25, 0.3) is 0 Å². The van der Waals surface area contributed by atoms with Crippen LogP contribution in [0.25, 0.3) is 17.2 Å². The van der Waals surface area contributed by atoms with Gasteiger partial charge in [-0.3, -0.25) is 0 Å². The van der Waals surface area contributed by atoms with Gasteiger partial charge in [0.2, 0.25) is 0 Å². The molecule has 0 N–H and O–H groups in total. The van der Waals surface area contributed by atoms with Gasteiger partial charge in [0.15, 0.2) is 0 Å². The molecule has 24 heavy (non-hydrogen) atoms. The molecule has 0 aliphatic heterocycles. The average molecular weight is 440 g/mol. The molecule has 0 unspecified atom stereocenters. The highest BCUT2D eigenvalue weighted by Gasteiger charge is 2.29. The molecule has 0 radical (unpaired) electrons. The highest BCUT2D eigenvalue weighted by Crippen LogP contribution is 2.47. The van der Waals surface area contributed by atoms with Crippen LogP contribution in [-0.4, -0.2) is 0 Å². The Bertz CT molecular complexity index is 872. The number of hydrogen-bond donors (Lipinski definition) is 0. The summed E-state index contributed by atoms with van der Waals surface area (Å²) in [7, 11) is 0. The molecule has 0 amide bonds. The van der Waals surface area contributed by atoms with Crippen molar-refractivity contribution in [1.82, 2.24) is 0 Å². The van der Waals surface area contributed by atoms with Gasteiger partial charge in [0.05, 0.1) is 0 Å². The summed E-state index contributed by atoms with van der Waals surface area (Å²) in [5.41, 5.74) is 8.04. The van der Waals surface area contributed by atoms with E-state index in [2.05, 4.69) is 99.1 Å². The van der Waals surface area contributed by atoms with Gasteiger partial charge in [-0.1, -0.05) is 80.9 Å². The van der Waals surface area contributed by atoms with Crippen molar-refractivity contribution in [3.8, 4) is 11.1 Å². The molecule has 0 fully saturated rings. The van der Waals surface area contributed by atoms with Crippen LogP contribution in [0.3, 0.4) is 0 Å².